The fraction of sp³-hybridized carbons (Fsp3) is 0.500. The Morgan fingerprint density at radius 2 is 2.14 bits per heavy atom. The number of hydrogen-bond acceptors (Lipinski definition) is 6. The van der Waals surface area contributed by atoms with E-state index in [9.17, 15) is 13.2 Å². The van der Waals surface area contributed by atoms with Gasteiger partial charge in [0.05, 0.1) is 23.3 Å². The van der Waals surface area contributed by atoms with Gasteiger partial charge in [-0.1, -0.05) is 0 Å². The van der Waals surface area contributed by atoms with Crippen molar-refractivity contribution in [2.24, 2.45) is 0 Å². The first-order chi connectivity index (χ1) is 9.84. The molecule has 1 unspecified atom stereocenters. The van der Waals surface area contributed by atoms with Crippen LogP contribution < -0.4 is 10.2 Å². The van der Waals surface area contributed by atoms with Crippen molar-refractivity contribution < 1.29 is 17.9 Å². The number of ether oxygens (including phenoxy) is 1. The maximum atomic E-state index is 12.1. The van der Waals surface area contributed by atoms with Crippen molar-refractivity contribution in [2.45, 2.75) is 17.9 Å². The minimum absolute atomic E-state index is 0.166. The van der Waals surface area contributed by atoms with Crippen LogP contribution in [0.1, 0.15) is 17.3 Å². The molecule has 1 atom stereocenters. The molecule has 0 bridgehead atoms. The summed E-state index contributed by atoms with van der Waals surface area (Å²) in [5, 5.41) is 3.27. The van der Waals surface area contributed by atoms with E-state index >= 15 is 0 Å². The molecule has 7 heteroatoms. The van der Waals surface area contributed by atoms with E-state index in [-0.39, 0.29) is 16.5 Å². The summed E-state index contributed by atoms with van der Waals surface area (Å²) in [6, 6.07) is 4.86. The number of esters is 1. The lowest BCUT2D eigenvalue weighted by molar-refractivity contribution is 0.0600. The highest BCUT2D eigenvalue weighted by Gasteiger charge is 2.25. The molecule has 1 aromatic rings. The normalized spacial score (nSPS) is 19.4. The van der Waals surface area contributed by atoms with E-state index in [1.54, 1.807) is 12.1 Å². The quantitative estimate of drug-likeness (QED) is 0.827. The number of carbonyl (C=O) groups is 1. The molecule has 0 aromatic heterocycles. The summed E-state index contributed by atoms with van der Waals surface area (Å²) in [7, 11) is -2.17. The molecule has 1 aliphatic heterocycles. The summed E-state index contributed by atoms with van der Waals surface area (Å²) in [6.45, 7) is 4.35. The molecule has 1 fully saturated rings. The molecule has 116 valence electrons. The number of carbonyl (C=O) groups excluding carboxylic acids is 1. The molecule has 0 radical (unpaired) electrons. The lowest BCUT2D eigenvalue weighted by Crippen LogP contribution is -2.50. The summed E-state index contributed by atoms with van der Waals surface area (Å²) in [5.74, 6) is -0.542. The van der Waals surface area contributed by atoms with Gasteiger partial charge in [-0.3, -0.25) is 0 Å². The number of rotatable bonds is 3. The summed E-state index contributed by atoms with van der Waals surface area (Å²) in [6.07, 6.45) is 1.15. The molecule has 1 heterocycles. The first kappa shape index (κ1) is 15.8. The van der Waals surface area contributed by atoms with E-state index < -0.39 is 15.8 Å². The summed E-state index contributed by atoms with van der Waals surface area (Å²) in [5.41, 5.74) is 0.878. The topological polar surface area (TPSA) is 75.7 Å². The number of anilines is 1. The highest BCUT2D eigenvalue weighted by molar-refractivity contribution is 7.90. The minimum Gasteiger partial charge on any atom is -0.465 e. The van der Waals surface area contributed by atoms with E-state index in [0.717, 1.165) is 25.9 Å². The number of methoxy groups -OCH3 is 1. The van der Waals surface area contributed by atoms with E-state index in [1.165, 1.54) is 13.2 Å². The molecule has 1 N–H and O–H groups in total. The SMILES string of the molecule is COC(=O)c1ccc(N2CCNCC2C)c(S(C)(=O)=O)c1. The third-order valence-corrected chi connectivity index (χ3v) is 4.72. The first-order valence-corrected chi connectivity index (χ1v) is 8.63. The van der Waals surface area contributed by atoms with Crippen LogP contribution in [0.2, 0.25) is 0 Å². The van der Waals surface area contributed by atoms with Gasteiger partial charge in [0.25, 0.3) is 0 Å². The van der Waals surface area contributed by atoms with Crippen LogP contribution in [0, 0.1) is 0 Å². The van der Waals surface area contributed by atoms with Crippen LogP contribution in [-0.2, 0) is 14.6 Å². The third kappa shape index (κ3) is 3.36. The highest BCUT2D eigenvalue weighted by Crippen LogP contribution is 2.29. The van der Waals surface area contributed by atoms with Crippen LogP contribution in [0.15, 0.2) is 23.1 Å². The Hall–Kier alpha value is -1.60. The smallest absolute Gasteiger partial charge is 0.337 e. The van der Waals surface area contributed by atoms with Gasteiger partial charge in [-0.05, 0) is 25.1 Å². The van der Waals surface area contributed by atoms with Crippen LogP contribution in [0.4, 0.5) is 5.69 Å². The number of benzene rings is 1. The Kier molecular flexibility index (Phi) is 4.53. The highest BCUT2D eigenvalue weighted by atomic mass is 32.2. The lowest BCUT2D eigenvalue weighted by Gasteiger charge is -2.36. The van der Waals surface area contributed by atoms with E-state index in [1.807, 2.05) is 11.8 Å². The fourth-order valence-electron chi connectivity index (χ4n) is 2.49. The number of nitrogens with one attached hydrogen (secondary N) is 1. The zero-order chi connectivity index (χ0) is 15.6. The standard InChI is InChI=1S/C14H20N2O4S/c1-10-9-15-6-7-16(10)12-5-4-11(14(17)20-2)8-13(12)21(3,18)19/h4-5,8,10,15H,6-7,9H2,1-3H3. The molecule has 1 saturated heterocycles. The monoisotopic (exact) mass is 312 g/mol. The molecule has 6 nitrogen and oxygen atoms in total. The molecule has 21 heavy (non-hydrogen) atoms. The Labute approximate surface area is 125 Å². The Bertz CT molecular complexity index is 642. The van der Waals surface area contributed by atoms with E-state index in [0.29, 0.717) is 5.69 Å². The first-order valence-electron chi connectivity index (χ1n) is 6.74. The van der Waals surface area contributed by atoms with Crippen LogP contribution in [-0.4, -0.2) is 53.4 Å². The molecule has 0 saturated carbocycles. The number of sulfone groups is 1. The predicted molar refractivity (Wildman–Crippen MR) is 80.6 cm³/mol. The van der Waals surface area contributed by atoms with Crippen molar-refractivity contribution in [1.82, 2.24) is 5.32 Å². The van der Waals surface area contributed by atoms with Crippen molar-refractivity contribution in [3.63, 3.8) is 0 Å². The third-order valence-electron chi connectivity index (χ3n) is 3.59. The second-order valence-electron chi connectivity index (χ2n) is 5.19. The van der Waals surface area contributed by atoms with E-state index in [4.69, 9.17) is 0 Å². The molecule has 1 aromatic carbocycles. The van der Waals surface area contributed by atoms with Crippen molar-refractivity contribution >= 4 is 21.5 Å². The molecular formula is C14H20N2O4S. The molecule has 0 spiro atoms. The largest absolute Gasteiger partial charge is 0.465 e. The van der Waals surface area contributed by atoms with Gasteiger partial charge in [-0.2, -0.15) is 0 Å². The molecule has 0 amide bonds. The van der Waals surface area contributed by atoms with Crippen molar-refractivity contribution in [2.75, 3.05) is 37.9 Å². The molecule has 2 rings (SSSR count). The molecule has 1 aliphatic rings. The van der Waals surface area contributed by atoms with Crippen LogP contribution in [0.3, 0.4) is 0 Å². The zero-order valence-corrected chi connectivity index (χ0v) is 13.2. The second-order valence-corrected chi connectivity index (χ2v) is 7.18. The van der Waals surface area contributed by atoms with E-state index in [2.05, 4.69) is 10.1 Å². The van der Waals surface area contributed by atoms with Gasteiger partial charge >= 0.3 is 5.97 Å². The van der Waals surface area contributed by atoms with Crippen LogP contribution in [0.25, 0.3) is 0 Å². The number of hydrogen-bond donors (Lipinski definition) is 1. The Morgan fingerprint density at radius 1 is 1.43 bits per heavy atom. The average Bonchev–Trinajstić information content (AvgIpc) is 2.45. The fourth-order valence-corrected chi connectivity index (χ4v) is 3.40. The second kappa shape index (κ2) is 6.03. The van der Waals surface area contributed by atoms with Gasteiger partial charge < -0.3 is 15.0 Å². The van der Waals surface area contributed by atoms with Gasteiger partial charge in [0.2, 0.25) is 0 Å². The van der Waals surface area contributed by atoms with Crippen molar-refractivity contribution in [3.05, 3.63) is 23.8 Å². The molecular weight excluding hydrogens is 292 g/mol. The Balaban J connectivity index is 2.52. The maximum Gasteiger partial charge on any atom is 0.337 e. The van der Waals surface area contributed by atoms with Gasteiger partial charge in [-0.25, -0.2) is 13.2 Å². The lowest BCUT2D eigenvalue weighted by atomic mass is 10.1. The summed E-state index contributed by atoms with van der Waals surface area (Å²) >= 11 is 0. The summed E-state index contributed by atoms with van der Waals surface area (Å²) in [4.78, 5) is 13.8. The molecule has 0 aliphatic carbocycles. The maximum absolute atomic E-state index is 12.1. The Morgan fingerprint density at radius 3 is 2.71 bits per heavy atom. The summed E-state index contributed by atoms with van der Waals surface area (Å²) < 4.78 is 28.8. The minimum atomic E-state index is -3.44. The van der Waals surface area contributed by atoms with Crippen molar-refractivity contribution in [3.8, 4) is 0 Å². The van der Waals surface area contributed by atoms with Crippen molar-refractivity contribution in [1.29, 1.82) is 0 Å². The number of piperazine rings is 1. The van der Waals surface area contributed by atoms with Gasteiger partial charge in [0, 0.05) is 31.9 Å². The van der Waals surface area contributed by atoms with Gasteiger partial charge in [0.1, 0.15) is 0 Å². The van der Waals surface area contributed by atoms with Gasteiger partial charge in [-0.15, -0.1) is 0 Å². The predicted octanol–water partition coefficient (Wildman–Crippen LogP) is 0.675. The van der Waals surface area contributed by atoms with Gasteiger partial charge in [0.15, 0.2) is 9.84 Å². The average molecular weight is 312 g/mol. The number of nitrogens with zero attached hydrogens (tertiary/aromatic N) is 1. The van der Waals surface area contributed by atoms with Crippen LogP contribution in [0.5, 0.6) is 0 Å². The van der Waals surface area contributed by atoms with Crippen LogP contribution >= 0.6 is 0 Å². The zero-order valence-electron chi connectivity index (χ0n) is 12.4.